The molecule has 0 radical (unpaired) electrons. The van der Waals surface area contributed by atoms with Gasteiger partial charge in [0.2, 0.25) is 6.79 Å². The molecular formula is C6H11IO4. The summed E-state index contributed by atoms with van der Waals surface area (Å²) in [4.78, 5) is 10.7. The average molecular weight is 274 g/mol. The minimum atomic E-state index is -0.714. The van der Waals surface area contributed by atoms with Gasteiger partial charge in [-0.3, -0.25) is 3.07 Å². The maximum Gasteiger partial charge on any atom is 0.510 e. The van der Waals surface area contributed by atoms with Crippen LogP contribution in [0.4, 0.5) is 4.79 Å². The maximum absolute atomic E-state index is 10.7. The van der Waals surface area contributed by atoms with E-state index in [0.717, 1.165) is 0 Å². The van der Waals surface area contributed by atoms with Gasteiger partial charge in [0.05, 0.1) is 0 Å². The van der Waals surface area contributed by atoms with Crippen LogP contribution in [-0.4, -0.2) is 18.5 Å². The van der Waals surface area contributed by atoms with Crippen LogP contribution in [0.15, 0.2) is 0 Å². The highest BCUT2D eigenvalue weighted by Gasteiger charge is 2.16. The molecule has 0 aromatic rings. The highest BCUT2D eigenvalue weighted by Crippen LogP contribution is 2.07. The Morgan fingerprint density at radius 1 is 1.45 bits per heavy atom. The molecule has 0 aliphatic carbocycles. The second-order valence-electron chi connectivity index (χ2n) is 2.84. The minimum absolute atomic E-state index is 0.0878. The molecule has 11 heavy (non-hydrogen) atoms. The minimum Gasteiger partial charge on any atom is -0.429 e. The third-order valence-corrected chi connectivity index (χ3v) is 0.865. The molecule has 0 aromatic carbocycles. The monoisotopic (exact) mass is 274 g/mol. The smallest absolute Gasteiger partial charge is 0.429 e. The molecule has 0 aliphatic heterocycles. The summed E-state index contributed by atoms with van der Waals surface area (Å²) in [7, 11) is 0. The van der Waals surface area contributed by atoms with Gasteiger partial charge in [0, 0.05) is 0 Å². The van der Waals surface area contributed by atoms with Crippen LogP contribution in [0.25, 0.3) is 0 Å². The number of ether oxygens (including phenoxy) is 2. The molecule has 0 aliphatic rings. The van der Waals surface area contributed by atoms with E-state index in [9.17, 15) is 4.79 Å². The number of hydrogen-bond acceptors (Lipinski definition) is 4. The summed E-state index contributed by atoms with van der Waals surface area (Å²) < 4.78 is 13.7. The van der Waals surface area contributed by atoms with E-state index in [1.54, 1.807) is 43.8 Å². The summed E-state index contributed by atoms with van der Waals surface area (Å²) in [5.41, 5.74) is -0.512. The highest BCUT2D eigenvalue weighted by atomic mass is 127. The van der Waals surface area contributed by atoms with Gasteiger partial charge >= 0.3 is 6.16 Å². The van der Waals surface area contributed by atoms with Gasteiger partial charge in [0.15, 0.2) is 0 Å². The Balaban J connectivity index is 3.53. The van der Waals surface area contributed by atoms with Crippen LogP contribution in [0.3, 0.4) is 0 Å². The Morgan fingerprint density at radius 2 is 2.00 bits per heavy atom. The predicted octanol–water partition coefficient (Wildman–Crippen LogP) is 2.26. The van der Waals surface area contributed by atoms with E-state index < -0.39 is 11.8 Å². The fourth-order valence-electron chi connectivity index (χ4n) is 0.350. The van der Waals surface area contributed by atoms with Crippen molar-refractivity contribution in [1.82, 2.24) is 0 Å². The first-order chi connectivity index (χ1) is 4.95. The third kappa shape index (κ3) is 7.86. The first-order valence-corrected chi connectivity index (χ1v) is 3.93. The van der Waals surface area contributed by atoms with E-state index in [0.29, 0.717) is 0 Å². The fraction of sp³-hybridized carbons (Fsp3) is 0.833. The standard InChI is InChI=1S/C6H11IO4/c1-6(2,3)11-5(8)9-4-10-7/h4H2,1-3H3. The third-order valence-electron chi connectivity index (χ3n) is 0.611. The molecule has 0 fully saturated rings. The molecule has 0 rings (SSSR count). The van der Waals surface area contributed by atoms with E-state index in [4.69, 9.17) is 4.74 Å². The van der Waals surface area contributed by atoms with Crippen LogP contribution in [0.2, 0.25) is 0 Å². The van der Waals surface area contributed by atoms with Gasteiger partial charge in [-0.15, -0.1) is 0 Å². The first-order valence-electron chi connectivity index (χ1n) is 3.05. The van der Waals surface area contributed by atoms with Gasteiger partial charge in [-0.1, -0.05) is 0 Å². The maximum atomic E-state index is 10.7. The summed E-state index contributed by atoms with van der Waals surface area (Å²) >= 11 is 1.63. The normalized spacial score (nSPS) is 10.9. The van der Waals surface area contributed by atoms with E-state index in [1.807, 2.05) is 0 Å². The highest BCUT2D eigenvalue weighted by molar-refractivity contribution is 14.1. The van der Waals surface area contributed by atoms with Crippen LogP contribution in [0.1, 0.15) is 20.8 Å². The molecule has 0 aromatic heterocycles. The van der Waals surface area contributed by atoms with Gasteiger partial charge in [-0.05, 0) is 20.8 Å². The van der Waals surface area contributed by atoms with Crippen molar-refractivity contribution in [2.75, 3.05) is 6.79 Å². The van der Waals surface area contributed by atoms with Crippen molar-refractivity contribution in [1.29, 1.82) is 0 Å². The van der Waals surface area contributed by atoms with E-state index in [1.165, 1.54) is 0 Å². The van der Waals surface area contributed by atoms with Crippen molar-refractivity contribution in [3.05, 3.63) is 0 Å². The molecule has 4 nitrogen and oxygen atoms in total. The summed E-state index contributed by atoms with van der Waals surface area (Å²) in [5.74, 6) is 0. The first kappa shape index (κ1) is 11.0. The lowest BCUT2D eigenvalue weighted by Crippen LogP contribution is -2.24. The zero-order valence-corrected chi connectivity index (χ0v) is 8.88. The van der Waals surface area contributed by atoms with Crippen LogP contribution in [0.5, 0.6) is 0 Å². The predicted molar refractivity (Wildman–Crippen MR) is 47.3 cm³/mol. The molecule has 0 spiro atoms. The van der Waals surface area contributed by atoms with Crippen LogP contribution >= 0.6 is 23.0 Å². The Labute approximate surface area is 79.9 Å². The molecule has 5 heteroatoms. The van der Waals surface area contributed by atoms with Crippen molar-refractivity contribution in [3.63, 3.8) is 0 Å². The molecule has 0 bridgehead atoms. The second kappa shape index (κ2) is 4.76. The Bertz CT molecular complexity index is 129. The van der Waals surface area contributed by atoms with Crippen molar-refractivity contribution >= 4 is 29.2 Å². The molecule has 0 atom stereocenters. The molecule has 0 saturated carbocycles. The largest absolute Gasteiger partial charge is 0.510 e. The summed E-state index contributed by atoms with van der Waals surface area (Å²) in [6.07, 6.45) is -0.714. The van der Waals surface area contributed by atoms with Gasteiger partial charge in [-0.25, -0.2) is 4.79 Å². The van der Waals surface area contributed by atoms with Gasteiger partial charge < -0.3 is 9.47 Å². The van der Waals surface area contributed by atoms with Crippen molar-refractivity contribution in [2.24, 2.45) is 0 Å². The second-order valence-corrected chi connectivity index (χ2v) is 3.46. The van der Waals surface area contributed by atoms with E-state index in [-0.39, 0.29) is 6.79 Å². The SMILES string of the molecule is CC(C)(C)OC(=O)OCOI. The number of carbonyl (C=O) groups excluding carboxylic acids is 1. The number of rotatable bonds is 2. The molecule has 0 amide bonds. The Kier molecular flexibility index (Phi) is 4.74. The quantitative estimate of drug-likeness (QED) is 0.440. The van der Waals surface area contributed by atoms with Gasteiger partial charge in [0.25, 0.3) is 0 Å². The lowest BCUT2D eigenvalue weighted by atomic mass is 10.2. The Morgan fingerprint density at radius 3 is 2.36 bits per heavy atom. The molecule has 0 unspecified atom stereocenters. The van der Waals surface area contributed by atoms with Crippen molar-refractivity contribution < 1.29 is 17.3 Å². The molecule has 0 N–H and O–H groups in total. The van der Waals surface area contributed by atoms with E-state index >= 15 is 0 Å². The fourth-order valence-corrected chi connectivity index (χ4v) is 0.477. The van der Waals surface area contributed by atoms with Gasteiger partial charge in [-0.2, -0.15) is 0 Å². The Hall–Kier alpha value is -0.0400. The molecule has 66 valence electrons. The van der Waals surface area contributed by atoms with Crippen molar-refractivity contribution in [2.45, 2.75) is 26.4 Å². The zero-order valence-electron chi connectivity index (χ0n) is 6.72. The lowest BCUT2D eigenvalue weighted by molar-refractivity contribution is -0.0279. The van der Waals surface area contributed by atoms with Crippen molar-refractivity contribution in [3.8, 4) is 0 Å². The molecular weight excluding hydrogens is 263 g/mol. The molecule has 0 saturated heterocycles. The lowest BCUT2D eigenvalue weighted by Gasteiger charge is -2.18. The summed E-state index contributed by atoms with van der Waals surface area (Å²) in [6, 6.07) is 0. The van der Waals surface area contributed by atoms with Gasteiger partial charge in [0.1, 0.15) is 28.6 Å². The van der Waals surface area contributed by atoms with Crippen LogP contribution in [0, 0.1) is 0 Å². The van der Waals surface area contributed by atoms with Crippen LogP contribution < -0.4 is 0 Å². The number of hydrogen-bond donors (Lipinski definition) is 0. The zero-order chi connectivity index (χ0) is 8.91. The average Bonchev–Trinajstić information content (AvgIpc) is 1.79. The summed E-state index contributed by atoms with van der Waals surface area (Å²) in [5, 5.41) is 0. The number of halogens is 1. The van der Waals surface area contributed by atoms with Crippen LogP contribution in [-0.2, 0) is 12.5 Å². The van der Waals surface area contributed by atoms with E-state index in [2.05, 4.69) is 7.80 Å². The topological polar surface area (TPSA) is 44.8 Å². The molecule has 0 heterocycles. The summed E-state index contributed by atoms with van der Waals surface area (Å²) in [6.45, 7) is 5.20. The number of carbonyl (C=O) groups is 1.